The largest absolute Gasteiger partial charge is 0.434 e. The Bertz CT molecular complexity index is 1380. The molecule has 0 spiro atoms. The summed E-state index contributed by atoms with van der Waals surface area (Å²) in [5.41, 5.74) is 1.57. The number of hydrogen-bond donors (Lipinski definition) is 1. The molecule has 6 rings (SSSR count). The highest BCUT2D eigenvalue weighted by Gasteiger charge is 2.37. The Balaban J connectivity index is 1.03. The van der Waals surface area contributed by atoms with Gasteiger partial charge >= 0.3 is 6.18 Å². The fraction of sp³-hybridized carbons (Fsp3) is 0.333. The number of alkyl halides is 3. The summed E-state index contributed by atoms with van der Waals surface area (Å²) in [7, 11) is 0. The van der Waals surface area contributed by atoms with Crippen molar-refractivity contribution in [3.05, 3.63) is 66.9 Å². The molecule has 0 bridgehead atoms. The molecule has 185 valence electrons. The molecule has 0 unspecified atom stereocenters. The van der Waals surface area contributed by atoms with Crippen molar-refractivity contribution in [2.45, 2.75) is 25.1 Å². The maximum atomic E-state index is 12.7. The van der Waals surface area contributed by atoms with E-state index in [1.807, 2.05) is 12.3 Å². The summed E-state index contributed by atoms with van der Waals surface area (Å²) in [6, 6.07) is 5.67. The third-order valence-electron chi connectivity index (χ3n) is 6.89. The van der Waals surface area contributed by atoms with Gasteiger partial charge in [-0.05, 0) is 25.0 Å². The van der Waals surface area contributed by atoms with Gasteiger partial charge in [0.2, 0.25) is 0 Å². The van der Waals surface area contributed by atoms with E-state index in [0.717, 1.165) is 54.4 Å². The Kier molecular flexibility index (Phi) is 5.47. The molecule has 0 aromatic carbocycles. The second-order valence-electron chi connectivity index (χ2n) is 9.05. The summed E-state index contributed by atoms with van der Waals surface area (Å²) in [4.78, 5) is 35.5. The van der Waals surface area contributed by atoms with Crippen molar-refractivity contribution >= 4 is 16.9 Å². The number of nitrogens with one attached hydrogen (secondary N) is 1. The lowest BCUT2D eigenvalue weighted by atomic mass is 9.97. The average molecular weight is 495 g/mol. The predicted octanol–water partition coefficient (Wildman–Crippen LogP) is 3.24. The van der Waals surface area contributed by atoms with Crippen LogP contribution in [-0.2, 0) is 6.18 Å². The lowest BCUT2D eigenvalue weighted by molar-refractivity contribution is -0.141. The number of aromatic amines is 1. The van der Waals surface area contributed by atoms with Crippen molar-refractivity contribution in [1.82, 2.24) is 39.3 Å². The quantitative estimate of drug-likeness (QED) is 0.467. The fourth-order valence-electron chi connectivity index (χ4n) is 4.86. The maximum Gasteiger partial charge on any atom is 0.434 e. The number of nitrogens with zero attached hydrogens (tertiary/aromatic N) is 7. The standard InChI is InChI=1S/C24H22F3N8O/c25-24(26,27)20-10-29-19(9-30-20)23(36)33-7-3-16(4-8-33)35-12-17(13-35)34-6-2-15(11-34)21-18-1-5-28-22(18)32-14-31-21/h1-2,5-6,9-11,14,16H,3-4,7-8,12-13H2,(H,28,31,32). The van der Waals surface area contributed by atoms with Gasteiger partial charge in [0.25, 0.3) is 5.91 Å². The summed E-state index contributed by atoms with van der Waals surface area (Å²) in [6.07, 6.45) is 6.10. The minimum Gasteiger partial charge on any atom is -0.346 e. The average Bonchev–Trinajstić information content (AvgIpc) is 3.53. The number of amides is 1. The first-order valence-electron chi connectivity index (χ1n) is 11.6. The third-order valence-corrected chi connectivity index (χ3v) is 6.89. The Labute approximate surface area is 204 Å². The van der Waals surface area contributed by atoms with Crippen molar-refractivity contribution in [3.8, 4) is 11.3 Å². The van der Waals surface area contributed by atoms with Gasteiger partial charge in [-0.25, -0.2) is 19.9 Å². The van der Waals surface area contributed by atoms with Gasteiger partial charge < -0.3 is 14.5 Å². The van der Waals surface area contributed by atoms with Gasteiger partial charge in [-0.15, -0.1) is 0 Å². The number of carbonyl (C=O) groups excluding carboxylic acids is 1. The van der Waals surface area contributed by atoms with E-state index in [9.17, 15) is 18.0 Å². The molecular weight excluding hydrogens is 473 g/mol. The van der Waals surface area contributed by atoms with Crippen LogP contribution in [0.3, 0.4) is 0 Å². The number of piperidine rings is 1. The van der Waals surface area contributed by atoms with Gasteiger partial charge in [0.15, 0.2) is 5.69 Å². The van der Waals surface area contributed by atoms with Crippen LogP contribution in [0.5, 0.6) is 0 Å². The van der Waals surface area contributed by atoms with Crippen LogP contribution < -0.4 is 0 Å². The molecule has 2 aliphatic rings. The highest BCUT2D eigenvalue weighted by molar-refractivity contribution is 5.92. The minimum absolute atomic E-state index is 0.0648. The Morgan fingerprint density at radius 2 is 1.83 bits per heavy atom. The van der Waals surface area contributed by atoms with Crippen molar-refractivity contribution in [3.63, 3.8) is 0 Å². The smallest absolute Gasteiger partial charge is 0.346 e. The lowest BCUT2D eigenvalue weighted by Crippen LogP contribution is -2.56. The van der Waals surface area contributed by atoms with Gasteiger partial charge in [-0.3, -0.25) is 9.69 Å². The first-order valence-corrected chi connectivity index (χ1v) is 11.6. The van der Waals surface area contributed by atoms with Crippen LogP contribution in [0.25, 0.3) is 22.3 Å². The van der Waals surface area contributed by atoms with Crippen LogP contribution >= 0.6 is 0 Å². The van der Waals surface area contributed by atoms with Crippen molar-refractivity contribution < 1.29 is 18.0 Å². The van der Waals surface area contributed by atoms with E-state index in [2.05, 4.69) is 52.8 Å². The molecule has 2 saturated heterocycles. The molecule has 0 saturated carbocycles. The van der Waals surface area contributed by atoms with E-state index in [0.29, 0.717) is 25.3 Å². The van der Waals surface area contributed by atoms with Crippen LogP contribution in [-0.4, -0.2) is 77.4 Å². The highest BCUT2D eigenvalue weighted by Crippen LogP contribution is 2.31. The van der Waals surface area contributed by atoms with Crippen molar-refractivity contribution in [1.29, 1.82) is 0 Å². The van der Waals surface area contributed by atoms with E-state index in [-0.39, 0.29) is 11.6 Å². The third kappa shape index (κ3) is 4.11. The number of H-pyrrole nitrogens is 1. The summed E-state index contributed by atoms with van der Waals surface area (Å²) in [5.74, 6) is -0.383. The lowest BCUT2D eigenvalue weighted by Gasteiger charge is -2.47. The minimum atomic E-state index is -4.58. The van der Waals surface area contributed by atoms with Crippen molar-refractivity contribution in [2.24, 2.45) is 0 Å². The molecule has 36 heavy (non-hydrogen) atoms. The topological polar surface area (TPSA) is 95.8 Å². The molecule has 4 aromatic rings. The predicted molar refractivity (Wildman–Crippen MR) is 123 cm³/mol. The normalized spacial score (nSPS) is 18.0. The molecule has 1 radical (unpaired) electrons. The molecule has 1 N–H and O–H groups in total. The molecule has 4 aromatic heterocycles. The summed E-state index contributed by atoms with van der Waals surface area (Å²) in [6.45, 7) is 2.76. The van der Waals surface area contributed by atoms with E-state index in [1.165, 1.54) is 6.04 Å². The number of hydrogen-bond acceptors (Lipinski definition) is 6. The van der Waals surface area contributed by atoms with Gasteiger partial charge in [-0.2, -0.15) is 13.2 Å². The van der Waals surface area contributed by atoms with E-state index in [4.69, 9.17) is 0 Å². The number of likely N-dealkylation sites (tertiary alicyclic amines) is 2. The van der Waals surface area contributed by atoms with E-state index in [1.54, 1.807) is 11.2 Å². The molecular formula is C24H22F3N8O. The molecule has 2 aliphatic heterocycles. The number of fused-ring (bicyclic) bond motifs is 1. The molecule has 1 amide bonds. The van der Waals surface area contributed by atoms with Gasteiger partial charge in [0.1, 0.15) is 17.7 Å². The zero-order valence-electron chi connectivity index (χ0n) is 19.1. The Hall–Kier alpha value is -3.80. The Morgan fingerprint density at radius 1 is 1.03 bits per heavy atom. The van der Waals surface area contributed by atoms with Crippen LogP contribution in [0.4, 0.5) is 13.2 Å². The number of rotatable bonds is 4. The van der Waals surface area contributed by atoms with Crippen LogP contribution in [0, 0.1) is 6.04 Å². The second kappa shape index (κ2) is 8.70. The van der Waals surface area contributed by atoms with Gasteiger partial charge in [0.05, 0.1) is 24.1 Å². The first-order chi connectivity index (χ1) is 17.4. The SMILES string of the molecule is O=C(c1cnc(C(F)(F)F)cn1)N1CCC(N2C[C](n3ccc(-c4ncnc5[nH]ccc45)c3)C2)CC1. The number of halogens is 3. The van der Waals surface area contributed by atoms with E-state index >= 15 is 0 Å². The molecule has 12 heteroatoms. The zero-order chi connectivity index (χ0) is 24.9. The highest BCUT2D eigenvalue weighted by atomic mass is 19.4. The van der Waals surface area contributed by atoms with Crippen LogP contribution in [0.1, 0.15) is 29.0 Å². The fourth-order valence-corrected chi connectivity index (χ4v) is 4.86. The summed E-state index contributed by atoms with van der Waals surface area (Å²) >= 11 is 0. The maximum absolute atomic E-state index is 12.7. The van der Waals surface area contributed by atoms with Gasteiger partial charge in [0, 0.05) is 61.8 Å². The molecule has 0 aliphatic carbocycles. The van der Waals surface area contributed by atoms with Crippen LogP contribution in [0.15, 0.2) is 49.4 Å². The number of aromatic nitrogens is 6. The Morgan fingerprint density at radius 3 is 2.56 bits per heavy atom. The summed E-state index contributed by atoms with van der Waals surface area (Å²) < 4.78 is 40.2. The molecule has 2 fully saturated rings. The monoisotopic (exact) mass is 495 g/mol. The van der Waals surface area contributed by atoms with Crippen LogP contribution in [0.2, 0.25) is 0 Å². The van der Waals surface area contributed by atoms with Gasteiger partial charge in [-0.1, -0.05) is 0 Å². The molecule has 6 heterocycles. The second-order valence-corrected chi connectivity index (χ2v) is 9.05. The molecule has 9 nitrogen and oxygen atoms in total. The zero-order valence-corrected chi connectivity index (χ0v) is 19.1. The van der Waals surface area contributed by atoms with E-state index < -0.39 is 11.9 Å². The summed E-state index contributed by atoms with van der Waals surface area (Å²) in [5, 5.41) is 0.985. The number of carbonyl (C=O) groups is 1. The van der Waals surface area contributed by atoms with Crippen molar-refractivity contribution in [2.75, 3.05) is 26.2 Å². The first kappa shape index (κ1) is 22.7. The molecule has 0 atom stereocenters.